The van der Waals surface area contributed by atoms with Crippen LogP contribution >= 0.6 is 0 Å². The van der Waals surface area contributed by atoms with E-state index in [0.717, 1.165) is 16.4 Å². The van der Waals surface area contributed by atoms with E-state index in [-0.39, 0.29) is 18.2 Å². The molecule has 0 aromatic heterocycles. The van der Waals surface area contributed by atoms with Gasteiger partial charge in [-0.2, -0.15) is 18.4 Å². The molecule has 3 aliphatic rings. The zero-order chi connectivity index (χ0) is 19.1. The number of ether oxygens (including phenoxy) is 1. The second-order valence-electron chi connectivity index (χ2n) is 7.25. The minimum absolute atomic E-state index is 0.0344. The first-order chi connectivity index (χ1) is 11.9. The summed E-state index contributed by atoms with van der Waals surface area (Å²) in [6.45, 7) is 3.51. The van der Waals surface area contributed by atoms with E-state index in [1.165, 1.54) is 12.1 Å². The van der Waals surface area contributed by atoms with Crippen LogP contribution in [0.2, 0.25) is 0 Å². The predicted octanol–water partition coefficient (Wildman–Crippen LogP) is 2.83. The normalized spacial score (nSPS) is 37.0. The fraction of sp³-hybridized carbons (Fsp3) is 0.471. The number of nitrogens with zero attached hydrogens (tertiary/aromatic N) is 2. The van der Waals surface area contributed by atoms with E-state index < -0.39 is 43.8 Å². The van der Waals surface area contributed by atoms with E-state index in [4.69, 9.17) is 10.00 Å². The van der Waals surface area contributed by atoms with Gasteiger partial charge in [-0.1, -0.05) is 12.2 Å². The first-order valence-corrected chi connectivity index (χ1v) is 9.46. The van der Waals surface area contributed by atoms with Gasteiger partial charge in [0.15, 0.2) is 0 Å². The molecule has 2 bridgehead atoms. The fourth-order valence-electron chi connectivity index (χ4n) is 4.40. The molecular formula is C17H15F3N2O3S. The maximum Gasteiger partial charge on any atom is 0.417 e. The van der Waals surface area contributed by atoms with Crippen molar-refractivity contribution in [2.24, 2.45) is 5.92 Å². The van der Waals surface area contributed by atoms with Crippen molar-refractivity contribution in [3.05, 3.63) is 41.5 Å². The summed E-state index contributed by atoms with van der Waals surface area (Å²) in [5.41, 5.74) is -3.52. The van der Waals surface area contributed by atoms with Crippen molar-refractivity contribution in [2.45, 2.75) is 36.5 Å². The molecule has 1 aromatic carbocycles. The molecule has 4 atom stereocenters. The van der Waals surface area contributed by atoms with Crippen LogP contribution in [0, 0.1) is 17.2 Å². The molecule has 9 heteroatoms. The highest BCUT2D eigenvalue weighted by Crippen LogP contribution is 2.56. The number of rotatable bonds is 1. The third-order valence-corrected chi connectivity index (χ3v) is 7.97. The first-order valence-electron chi connectivity index (χ1n) is 7.96. The van der Waals surface area contributed by atoms with Gasteiger partial charge in [0.05, 0.1) is 28.5 Å². The molecule has 0 N–H and O–H groups in total. The summed E-state index contributed by atoms with van der Waals surface area (Å²) in [6, 6.07) is 4.48. The number of hydrogen-bond acceptors (Lipinski definition) is 4. The van der Waals surface area contributed by atoms with Crippen molar-refractivity contribution in [3.8, 4) is 6.07 Å². The van der Waals surface area contributed by atoms with Crippen molar-refractivity contribution in [1.82, 2.24) is 0 Å². The molecule has 2 fully saturated rings. The summed E-state index contributed by atoms with van der Waals surface area (Å²) in [4.78, 5) is 0. The number of hydrogen-bond donors (Lipinski definition) is 0. The molecule has 0 amide bonds. The van der Waals surface area contributed by atoms with E-state index in [2.05, 4.69) is 0 Å². The number of benzene rings is 1. The van der Waals surface area contributed by atoms with Crippen LogP contribution in [-0.2, 0) is 20.9 Å². The minimum Gasteiger partial charge on any atom is -0.359 e. The lowest BCUT2D eigenvalue weighted by atomic mass is 9.80. The number of nitriles is 1. The highest BCUT2D eigenvalue weighted by atomic mass is 32.2. The Balaban J connectivity index is 1.81. The Morgan fingerprint density at radius 2 is 1.92 bits per heavy atom. The third kappa shape index (κ3) is 2.09. The number of anilines is 1. The average Bonchev–Trinajstić information content (AvgIpc) is 3.09. The van der Waals surface area contributed by atoms with Crippen molar-refractivity contribution >= 4 is 15.7 Å². The smallest absolute Gasteiger partial charge is 0.359 e. The summed E-state index contributed by atoms with van der Waals surface area (Å²) in [5, 5.41) is 8.06. The number of sulfonamides is 1. The Kier molecular flexibility index (Phi) is 3.21. The molecule has 0 radical (unpaired) electrons. The Bertz CT molecular complexity index is 982. The van der Waals surface area contributed by atoms with Crippen LogP contribution in [0.5, 0.6) is 0 Å². The molecule has 5 nitrogen and oxygen atoms in total. The molecular weight excluding hydrogens is 369 g/mol. The van der Waals surface area contributed by atoms with Gasteiger partial charge in [0.2, 0.25) is 10.0 Å². The Morgan fingerprint density at radius 3 is 2.50 bits per heavy atom. The van der Waals surface area contributed by atoms with Crippen LogP contribution in [0.15, 0.2) is 30.4 Å². The minimum atomic E-state index is -4.75. The number of alkyl halides is 3. The lowest BCUT2D eigenvalue weighted by molar-refractivity contribution is -0.137. The van der Waals surface area contributed by atoms with Crippen LogP contribution in [0.1, 0.15) is 25.0 Å². The van der Waals surface area contributed by atoms with Gasteiger partial charge in [0, 0.05) is 12.5 Å². The number of halogens is 3. The molecule has 0 spiro atoms. The van der Waals surface area contributed by atoms with Crippen molar-refractivity contribution < 1.29 is 26.3 Å². The summed E-state index contributed by atoms with van der Waals surface area (Å²) in [6.07, 6.45) is -1.20. The molecule has 4 rings (SSSR count). The molecule has 2 saturated heterocycles. The molecule has 0 aliphatic carbocycles. The Morgan fingerprint density at radius 1 is 1.27 bits per heavy atom. The van der Waals surface area contributed by atoms with Gasteiger partial charge in [-0.05, 0) is 32.0 Å². The van der Waals surface area contributed by atoms with E-state index in [1.54, 1.807) is 19.9 Å². The van der Waals surface area contributed by atoms with Gasteiger partial charge < -0.3 is 4.74 Å². The summed E-state index contributed by atoms with van der Waals surface area (Å²) in [5.74, 6) is -0.382. The van der Waals surface area contributed by atoms with Crippen LogP contribution < -0.4 is 4.31 Å². The van der Waals surface area contributed by atoms with Crippen LogP contribution in [0.4, 0.5) is 18.9 Å². The van der Waals surface area contributed by atoms with Gasteiger partial charge in [-0.3, -0.25) is 4.31 Å². The largest absolute Gasteiger partial charge is 0.417 e. The lowest BCUT2D eigenvalue weighted by Crippen LogP contribution is -2.42. The highest BCUT2D eigenvalue weighted by molar-refractivity contribution is 7.93. The molecule has 3 heterocycles. The van der Waals surface area contributed by atoms with Crippen LogP contribution in [-0.4, -0.2) is 31.4 Å². The van der Waals surface area contributed by atoms with E-state index in [1.807, 2.05) is 6.08 Å². The van der Waals surface area contributed by atoms with Crippen molar-refractivity contribution in [3.63, 3.8) is 0 Å². The third-order valence-electron chi connectivity index (χ3n) is 5.56. The average molecular weight is 384 g/mol. The molecule has 0 unspecified atom stereocenters. The van der Waals surface area contributed by atoms with E-state index in [9.17, 15) is 21.6 Å². The molecule has 1 aromatic rings. The maximum absolute atomic E-state index is 13.2. The van der Waals surface area contributed by atoms with E-state index in [0.29, 0.717) is 0 Å². The zero-order valence-corrected chi connectivity index (χ0v) is 14.7. The number of fused-ring (bicyclic) bond motifs is 5. The summed E-state index contributed by atoms with van der Waals surface area (Å²) >= 11 is 0. The van der Waals surface area contributed by atoms with Gasteiger partial charge in [0.25, 0.3) is 0 Å². The molecule has 138 valence electrons. The van der Waals surface area contributed by atoms with Crippen molar-refractivity contribution in [2.75, 3.05) is 10.8 Å². The molecule has 26 heavy (non-hydrogen) atoms. The SMILES string of the molecule is C[C@]12C=C[C@](C)(O1)[C@H]1CN(c3ccc(C#N)c(C(F)(F)F)c3)S(=O)(=O)[C@H]12. The van der Waals surface area contributed by atoms with Gasteiger partial charge in [0.1, 0.15) is 10.9 Å². The second kappa shape index (κ2) is 4.81. The van der Waals surface area contributed by atoms with Crippen molar-refractivity contribution in [1.29, 1.82) is 5.26 Å². The van der Waals surface area contributed by atoms with Gasteiger partial charge in [-0.15, -0.1) is 0 Å². The lowest BCUT2D eigenvalue weighted by Gasteiger charge is -2.27. The monoisotopic (exact) mass is 384 g/mol. The molecule has 0 saturated carbocycles. The topological polar surface area (TPSA) is 70.4 Å². The summed E-state index contributed by atoms with van der Waals surface area (Å²) in [7, 11) is -3.92. The molecule has 3 aliphatic heterocycles. The standard InChI is InChI=1S/C17H15F3N2O3S/c1-15-5-6-16(2,25-15)14-13(15)9-22(26(14,23)24)11-4-3-10(8-21)12(7-11)17(18,19)20/h3-7,13-14H,9H2,1-2H3/t13-,14+,15-,16+/m0/s1. The van der Waals surface area contributed by atoms with Gasteiger partial charge >= 0.3 is 6.18 Å². The summed E-state index contributed by atoms with van der Waals surface area (Å²) < 4.78 is 72.8. The predicted molar refractivity (Wildman–Crippen MR) is 86.7 cm³/mol. The highest BCUT2D eigenvalue weighted by Gasteiger charge is 2.69. The Labute approximate surface area is 148 Å². The Hall–Kier alpha value is -2.05. The zero-order valence-electron chi connectivity index (χ0n) is 13.9. The van der Waals surface area contributed by atoms with Crippen LogP contribution in [0.3, 0.4) is 0 Å². The fourth-order valence-corrected chi connectivity index (χ4v) is 6.94. The van der Waals surface area contributed by atoms with Crippen LogP contribution in [0.25, 0.3) is 0 Å². The van der Waals surface area contributed by atoms with Gasteiger partial charge in [-0.25, -0.2) is 8.42 Å². The first kappa shape index (κ1) is 17.4. The van der Waals surface area contributed by atoms with E-state index >= 15 is 0 Å². The second-order valence-corrected chi connectivity index (χ2v) is 9.22. The quantitative estimate of drug-likeness (QED) is 0.698. The maximum atomic E-state index is 13.2.